The Morgan fingerprint density at radius 2 is 1.67 bits per heavy atom. The van der Waals surface area contributed by atoms with Crippen LogP contribution in [0.1, 0.15) is 5.56 Å². The minimum absolute atomic E-state index is 0.783. The number of halogens is 1. The third kappa shape index (κ3) is 4.28. The zero-order valence-corrected chi connectivity index (χ0v) is 11.7. The van der Waals surface area contributed by atoms with Crippen LogP contribution < -0.4 is 5.32 Å². The Labute approximate surface area is 118 Å². The summed E-state index contributed by atoms with van der Waals surface area (Å²) in [6.45, 7) is 0.932. The molecule has 0 aliphatic heterocycles. The van der Waals surface area contributed by atoms with Crippen molar-refractivity contribution < 1.29 is 0 Å². The highest BCUT2D eigenvalue weighted by Gasteiger charge is 1.97. The van der Waals surface area contributed by atoms with Crippen LogP contribution in [0.25, 0.3) is 0 Å². The van der Waals surface area contributed by atoms with Crippen molar-refractivity contribution in [2.24, 2.45) is 0 Å². The number of hydrogen-bond donors (Lipinski definition) is 1. The van der Waals surface area contributed by atoms with E-state index in [1.54, 1.807) is 0 Å². The molecule has 1 nitrogen and oxygen atoms in total. The molecule has 0 saturated carbocycles. The quantitative estimate of drug-likeness (QED) is 0.769. The highest BCUT2D eigenvalue weighted by Crippen LogP contribution is 2.20. The molecule has 0 aromatic heterocycles. The van der Waals surface area contributed by atoms with Crippen molar-refractivity contribution in [3.8, 4) is 0 Å². The molecule has 0 radical (unpaired) electrons. The minimum atomic E-state index is 0.783. The van der Waals surface area contributed by atoms with Crippen LogP contribution in [-0.4, -0.2) is 12.3 Å². The van der Waals surface area contributed by atoms with Gasteiger partial charge in [-0.25, -0.2) is 0 Å². The molecule has 2 aromatic rings. The van der Waals surface area contributed by atoms with Gasteiger partial charge >= 0.3 is 0 Å². The predicted molar refractivity (Wildman–Crippen MR) is 82.5 cm³/mol. The van der Waals surface area contributed by atoms with Crippen molar-refractivity contribution in [1.29, 1.82) is 0 Å². The second-order valence-corrected chi connectivity index (χ2v) is 5.46. The summed E-state index contributed by atoms with van der Waals surface area (Å²) in [5, 5.41) is 4.13. The Hall–Kier alpha value is -1.12. The van der Waals surface area contributed by atoms with Crippen LogP contribution in [-0.2, 0) is 5.75 Å². The third-order valence-corrected chi connectivity index (χ3v) is 3.91. The molecule has 0 amide bonds. The normalized spacial score (nSPS) is 10.3. The number of benzene rings is 2. The molecule has 0 heterocycles. The van der Waals surface area contributed by atoms with E-state index in [4.69, 9.17) is 11.6 Å². The molecule has 94 valence electrons. The average Bonchev–Trinajstić information content (AvgIpc) is 2.42. The molecule has 0 fully saturated rings. The number of thioether (sulfide) groups is 1. The molecule has 2 aromatic carbocycles. The van der Waals surface area contributed by atoms with Crippen molar-refractivity contribution in [3.05, 3.63) is 65.2 Å². The molecule has 3 heteroatoms. The van der Waals surface area contributed by atoms with E-state index >= 15 is 0 Å². The lowest BCUT2D eigenvalue weighted by molar-refractivity contribution is 1.22. The van der Waals surface area contributed by atoms with Crippen LogP contribution in [0.3, 0.4) is 0 Å². The summed E-state index contributed by atoms with van der Waals surface area (Å²) in [4.78, 5) is 0. The molecule has 0 atom stereocenters. The van der Waals surface area contributed by atoms with Crippen LogP contribution in [0.5, 0.6) is 0 Å². The summed E-state index contributed by atoms with van der Waals surface area (Å²) in [7, 11) is 0. The molecule has 0 aliphatic rings. The molecule has 2 rings (SSSR count). The van der Waals surface area contributed by atoms with Crippen molar-refractivity contribution >= 4 is 29.1 Å². The molecule has 1 N–H and O–H groups in total. The first-order chi connectivity index (χ1) is 8.86. The lowest BCUT2D eigenvalue weighted by atomic mass is 10.2. The molecule has 0 aliphatic carbocycles. The van der Waals surface area contributed by atoms with Crippen molar-refractivity contribution in [3.63, 3.8) is 0 Å². The van der Waals surface area contributed by atoms with E-state index in [9.17, 15) is 0 Å². The van der Waals surface area contributed by atoms with Crippen LogP contribution in [0.2, 0.25) is 5.02 Å². The molecular formula is C15H16ClNS. The number of hydrogen-bond acceptors (Lipinski definition) is 2. The smallest absolute Gasteiger partial charge is 0.0637 e. The third-order valence-electron chi connectivity index (χ3n) is 2.55. The number of rotatable bonds is 6. The Balaban J connectivity index is 1.66. The lowest BCUT2D eigenvalue weighted by Crippen LogP contribution is -2.04. The lowest BCUT2D eigenvalue weighted by Gasteiger charge is -2.07. The molecule has 0 unspecified atom stereocenters. The molecule has 0 saturated heterocycles. The maximum atomic E-state index is 6.06. The first kappa shape index (κ1) is 13.3. The Kier molecular flexibility index (Phi) is 5.43. The van der Waals surface area contributed by atoms with Gasteiger partial charge in [-0.1, -0.05) is 54.1 Å². The molecule has 0 spiro atoms. The van der Waals surface area contributed by atoms with Gasteiger partial charge in [0.2, 0.25) is 0 Å². The highest BCUT2D eigenvalue weighted by atomic mass is 35.5. The van der Waals surface area contributed by atoms with Crippen molar-refractivity contribution in [2.45, 2.75) is 5.75 Å². The highest BCUT2D eigenvalue weighted by molar-refractivity contribution is 7.98. The van der Waals surface area contributed by atoms with E-state index in [0.29, 0.717) is 0 Å². The SMILES string of the molecule is Clc1ccccc1NCCSCc1ccccc1. The Bertz CT molecular complexity index is 473. The van der Waals surface area contributed by atoms with E-state index in [2.05, 4.69) is 29.6 Å². The van der Waals surface area contributed by atoms with E-state index in [0.717, 1.165) is 28.8 Å². The van der Waals surface area contributed by atoms with Gasteiger partial charge in [0.05, 0.1) is 10.7 Å². The first-order valence-electron chi connectivity index (χ1n) is 5.96. The minimum Gasteiger partial charge on any atom is -0.383 e. The van der Waals surface area contributed by atoms with E-state index in [1.807, 2.05) is 42.1 Å². The fraction of sp³-hybridized carbons (Fsp3) is 0.200. The topological polar surface area (TPSA) is 12.0 Å². The summed E-state index contributed by atoms with van der Waals surface area (Å²) >= 11 is 7.99. The molecular weight excluding hydrogens is 262 g/mol. The van der Waals surface area contributed by atoms with Crippen molar-refractivity contribution in [1.82, 2.24) is 0 Å². The zero-order chi connectivity index (χ0) is 12.6. The van der Waals surface area contributed by atoms with Gasteiger partial charge in [0, 0.05) is 18.1 Å². The van der Waals surface area contributed by atoms with E-state index < -0.39 is 0 Å². The maximum Gasteiger partial charge on any atom is 0.0637 e. The largest absolute Gasteiger partial charge is 0.383 e. The Morgan fingerprint density at radius 1 is 0.944 bits per heavy atom. The zero-order valence-electron chi connectivity index (χ0n) is 10.1. The van der Waals surface area contributed by atoms with Gasteiger partial charge < -0.3 is 5.32 Å². The molecule has 0 bridgehead atoms. The van der Waals surface area contributed by atoms with E-state index in [-0.39, 0.29) is 0 Å². The van der Waals surface area contributed by atoms with Gasteiger partial charge in [0.15, 0.2) is 0 Å². The van der Waals surface area contributed by atoms with Gasteiger partial charge in [-0.15, -0.1) is 0 Å². The monoisotopic (exact) mass is 277 g/mol. The molecule has 18 heavy (non-hydrogen) atoms. The number of anilines is 1. The summed E-state index contributed by atoms with van der Waals surface area (Å²) in [5.74, 6) is 2.13. The number of nitrogens with one attached hydrogen (secondary N) is 1. The van der Waals surface area contributed by atoms with Crippen molar-refractivity contribution in [2.75, 3.05) is 17.6 Å². The fourth-order valence-electron chi connectivity index (χ4n) is 1.63. The second-order valence-electron chi connectivity index (χ2n) is 3.94. The Morgan fingerprint density at radius 3 is 2.44 bits per heavy atom. The van der Waals surface area contributed by atoms with Gasteiger partial charge in [-0.2, -0.15) is 11.8 Å². The summed E-state index contributed by atoms with van der Waals surface area (Å²) in [6, 6.07) is 18.4. The van der Waals surface area contributed by atoms with Gasteiger partial charge in [-0.3, -0.25) is 0 Å². The second kappa shape index (κ2) is 7.34. The van der Waals surface area contributed by atoms with Gasteiger partial charge in [0.25, 0.3) is 0 Å². The van der Waals surface area contributed by atoms with E-state index in [1.165, 1.54) is 5.56 Å². The van der Waals surface area contributed by atoms with Gasteiger partial charge in [0.1, 0.15) is 0 Å². The first-order valence-corrected chi connectivity index (χ1v) is 7.49. The average molecular weight is 278 g/mol. The van der Waals surface area contributed by atoms with Crippen LogP contribution in [0, 0.1) is 0 Å². The number of para-hydroxylation sites is 1. The van der Waals surface area contributed by atoms with Gasteiger partial charge in [-0.05, 0) is 17.7 Å². The summed E-state index contributed by atoms with van der Waals surface area (Å²) in [6.07, 6.45) is 0. The maximum absolute atomic E-state index is 6.06. The van der Waals surface area contributed by atoms with Crippen LogP contribution >= 0.6 is 23.4 Å². The van der Waals surface area contributed by atoms with Crippen LogP contribution in [0.4, 0.5) is 5.69 Å². The summed E-state index contributed by atoms with van der Waals surface area (Å²) in [5.41, 5.74) is 2.39. The fourth-order valence-corrected chi connectivity index (χ4v) is 2.65. The van der Waals surface area contributed by atoms with Crippen LogP contribution in [0.15, 0.2) is 54.6 Å². The predicted octanol–water partition coefficient (Wildman–Crippen LogP) is 4.69. The standard InChI is InChI=1S/C15H16ClNS/c16-14-8-4-5-9-15(14)17-10-11-18-12-13-6-2-1-3-7-13/h1-9,17H,10-12H2. The summed E-state index contributed by atoms with van der Waals surface area (Å²) < 4.78 is 0.